The van der Waals surface area contributed by atoms with Crippen molar-refractivity contribution < 1.29 is 24.0 Å². The molecular weight excluding hydrogens is 404 g/mol. The topological polar surface area (TPSA) is 132 Å². The van der Waals surface area contributed by atoms with Gasteiger partial charge >= 0.3 is 0 Å². The molecule has 0 aliphatic carbocycles. The van der Waals surface area contributed by atoms with E-state index in [2.05, 4.69) is 15.8 Å². The second kappa shape index (κ2) is 10.7. The van der Waals surface area contributed by atoms with Gasteiger partial charge in [-0.3, -0.25) is 19.7 Å². The molecule has 0 radical (unpaired) electrons. The molecule has 0 saturated carbocycles. The number of amides is 2. The van der Waals surface area contributed by atoms with E-state index in [1.54, 1.807) is 0 Å². The van der Waals surface area contributed by atoms with Gasteiger partial charge in [0, 0.05) is 18.5 Å². The Balaban J connectivity index is 1.95. The lowest BCUT2D eigenvalue weighted by atomic mass is 10.1. The number of hydrogen-bond acceptors (Lipinski definition) is 7. The maximum Gasteiger partial charge on any atom is 0.282 e. The van der Waals surface area contributed by atoms with E-state index in [-0.39, 0.29) is 41.5 Å². The van der Waals surface area contributed by atoms with Crippen LogP contribution in [0.2, 0.25) is 0 Å². The normalized spacial score (nSPS) is 10.6. The Morgan fingerprint density at radius 1 is 1.06 bits per heavy atom. The number of hydrogen-bond donors (Lipinski definition) is 2. The molecule has 2 rings (SSSR count). The average molecular weight is 428 g/mol. The van der Waals surface area contributed by atoms with Crippen LogP contribution in [0.1, 0.15) is 29.5 Å². The number of hydrazone groups is 1. The SMILES string of the molecule is COc1cc(C=NNC(=O)CCC(=O)Nc2ccc(C)cc2C)c([N+](=O)[O-])cc1OC. The molecule has 10 nitrogen and oxygen atoms in total. The van der Waals surface area contributed by atoms with Gasteiger partial charge < -0.3 is 14.8 Å². The molecule has 2 N–H and O–H groups in total. The zero-order valence-electron chi connectivity index (χ0n) is 17.7. The molecule has 0 aliphatic heterocycles. The first-order chi connectivity index (χ1) is 14.7. The van der Waals surface area contributed by atoms with Gasteiger partial charge in [0.1, 0.15) is 0 Å². The largest absolute Gasteiger partial charge is 0.493 e. The summed E-state index contributed by atoms with van der Waals surface area (Å²) >= 11 is 0. The number of nitro groups is 1. The van der Waals surface area contributed by atoms with Crippen molar-refractivity contribution in [3.8, 4) is 11.5 Å². The van der Waals surface area contributed by atoms with Crippen LogP contribution in [-0.2, 0) is 9.59 Å². The number of anilines is 1. The third kappa shape index (κ3) is 6.53. The second-order valence-corrected chi connectivity index (χ2v) is 6.68. The fourth-order valence-corrected chi connectivity index (χ4v) is 2.77. The van der Waals surface area contributed by atoms with Gasteiger partial charge in [0.15, 0.2) is 11.5 Å². The van der Waals surface area contributed by atoms with E-state index in [0.29, 0.717) is 5.69 Å². The summed E-state index contributed by atoms with van der Waals surface area (Å²) in [5.74, 6) is -0.328. The van der Waals surface area contributed by atoms with Crippen LogP contribution in [0.4, 0.5) is 11.4 Å². The molecule has 0 atom stereocenters. The lowest BCUT2D eigenvalue weighted by Gasteiger charge is -2.09. The number of rotatable bonds is 9. The van der Waals surface area contributed by atoms with Crippen molar-refractivity contribution in [3.05, 3.63) is 57.1 Å². The molecular formula is C21H24N4O6. The van der Waals surface area contributed by atoms with Gasteiger partial charge in [0.05, 0.1) is 37.0 Å². The third-order valence-electron chi connectivity index (χ3n) is 4.36. The maximum atomic E-state index is 12.1. The Kier molecular flexibility index (Phi) is 8.07. The van der Waals surface area contributed by atoms with Gasteiger partial charge in [0.25, 0.3) is 5.69 Å². The summed E-state index contributed by atoms with van der Waals surface area (Å²) in [5.41, 5.74) is 4.82. The van der Waals surface area contributed by atoms with Crippen molar-refractivity contribution in [2.75, 3.05) is 19.5 Å². The Morgan fingerprint density at radius 2 is 1.71 bits per heavy atom. The molecule has 2 amide bonds. The highest BCUT2D eigenvalue weighted by molar-refractivity contribution is 5.94. The van der Waals surface area contributed by atoms with E-state index < -0.39 is 10.8 Å². The van der Waals surface area contributed by atoms with Crippen molar-refractivity contribution in [1.82, 2.24) is 5.43 Å². The smallest absolute Gasteiger partial charge is 0.282 e. The summed E-state index contributed by atoms with van der Waals surface area (Å²) in [6.45, 7) is 3.84. The molecule has 2 aromatic carbocycles. The van der Waals surface area contributed by atoms with Crippen LogP contribution in [0, 0.1) is 24.0 Å². The van der Waals surface area contributed by atoms with Crippen molar-refractivity contribution in [1.29, 1.82) is 0 Å². The Bertz CT molecular complexity index is 1020. The number of aryl methyl sites for hydroxylation is 2. The summed E-state index contributed by atoms with van der Waals surface area (Å²) in [4.78, 5) is 34.7. The van der Waals surface area contributed by atoms with E-state index in [1.165, 1.54) is 26.4 Å². The monoisotopic (exact) mass is 428 g/mol. The number of nitrogens with one attached hydrogen (secondary N) is 2. The summed E-state index contributed by atoms with van der Waals surface area (Å²) in [6, 6.07) is 8.23. The van der Waals surface area contributed by atoms with Crippen molar-refractivity contribution in [2.45, 2.75) is 26.7 Å². The molecule has 0 heterocycles. The van der Waals surface area contributed by atoms with Gasteiger partial charge in [-0.2, -0.15) is 5.10 Å². The predicted octanol–water partition coefficient (Wildman–Crippen LogP) is 3.10. The first-order valence-electron chi connectivity index (χ1n) is 9.34. The molecule has 0 fully saturated rings. The predicted molar refractivity (Wildman–Crippen MR) is 116 cm³/mol. The van der Waals surface area contributed by atoms with Gasteiger partial charge in [-0.05, 0) is 31.5 Å². The molecule has 0 bridgehead atoms. The Labute approximate surface area is 179 Å². The number of benzene rings is 2. The minimum absolute atomic E-state index is 0.0365. The molecule has 0 aromatic heterocycles. The van der Waals surface area contributed by atoms with Gasteiger partial charge in [-0.25, -0.2) is 5.43 Å². The molecule has 0 aliphatic rings. The number of methoxy groups -OCH3 is 2. The number of carbonyl (C=O) groups is 2. The van der Waals surface area contributed by atoms with E-state index in [9.17, 15) is 19.7 Å². The molecule has 2 aromatic rings. The molecule has 31 heavy (non-hydrogen) atoms. The number of nitrogens with zero attached hydrogens (tertiary/aromatic N) is 2. The number of carbonyl (C=O) groups excluding carboxylic acids is 2. The van der Waals surface area contributed by atoms with Gasteiger partial charge in [-0.15, -0.1) is 0 Å². The van der Waals surface area contributed by atoms with Gasteiger partial charge in [0.2, 0.25) is 11.8 Å². The minimum atomic E-state index is -0.595. The fraction of sp³-hybridized carbons (Fsp3) is 0.286. The summed E-state index contributed by atoms with van der Waals surface area (Å²) < 4.78 is 10.2. The zero-order valence-corrected chi connectivity index (χ0v) is 17.7. The van der Waals surface area contributed by atoms with Crippen molar-refractivity contribution >= 4 is 29.4 Å². The summed E-state index contributed by atoms with van der Waals surface area (Å²) in [6.07, 6.45) is 1.00. The summed E-state index contributed by atoms with van der Waals surface area (Å²) in [7, 11) is 2.77. The second-order valence-electron chi connectivity index (χ2n) is 6.68. The van der Waals surface area contributed by atoms with E-state index in [0.717, 1.165) is 17.3 Å². The minimum Gasteiger partial charge on any atom is -0.493 e. The van der Waals surface area contributed by atoms with Crippen LogP contribution in [-0.4, -0.2) is 37.2 Å². The highest BCUT2D eigenvalue weighted by Crippen LogP contribution is 2.33. The lowest BCUT2D eigenvalue weighted by Crippen LogP contribution is -2.21. The first kappa shape index (κ1) is 23.3. The number of ether oxygens (including phenoxy) is 2. The quantitative estimate of drug-likeness (QED) is 0.358. The van der Waals surface area contributed by atoms with E-state index in [1.807, 2.05) is 32.0 Å². The molecule has 0 saturated heterocycles. The zero-order chi connectivity index (χ0) is 23.0. The highest BCUT2D eigenvalue weighted by Gasteiger charge is 2.18. The van der Waals surface area contributed by atoms with E-state index >= 15 is 0 Å². The van der Waals surface area contributed by atoms with Crippen LogP contribution in [0.25, 0.3) is 0 Å². The van der Waals surface area contributed by atoms with Crippen molar-refractivity contribution in [3.63, 3.8) is 0 Å². The summed E-state index contributed by atoms with van der Waals surface area (Å²) in [5, 5.41) is 17.8. The molecule has 164 valence electrons. The third-order valence-corrected chi connectivity index (χ3v) is 4.36. The van der Waals surface area contributed by atoms with Crippen LogP contribution in [0.15, 0.2) is 35.4 Å². The van der Waals surface area contributed by atoms with Crippen molar-refractivity contribution in [2.24, 2.45) is 5.10 Å². The Hall–Kier alpha value is -3.95. The maximum absolute atomic E-state index is 12.1. The first-order valence-corrected chi connectivity index (χ1v) is 9.34. The van der Waals surface area contributed by atoms with Gasteiger partial charge in [-0.1, -0.05) is 17.7 Å². The van der Waals surface area contributed by atoms with Crippen LogP contribution in [0.5, 0.6) is 11.5 Å². The fourth-order valence-electron chi connectivity index (χ4n) is 2.77. The standard InChI is InChI=1S/C21H24N4O6/c1-13-5-6-16(14(2)9-13)23-20(26)7-8-21(27)24-22-12-15-10-18(30-3)19(31-4)11-17(15)25(28)29/h5-6,9-12H,7-8H2,1-4H3,(H,23,26)(H,24,27). The molecule has 0 spiro atoms. The number of nitro benzene ring substituents is 1. The Morgan fingerprint density at radius 3 is 2.32 bits per heavy atom. The molecule has 0 unspecified atom stereocenters. The van der Waals surface area contributed by atoms with Crippen LogP contribution < -0.4 is 20.2 Å². The highest BCUT2D eigenvalue weighted by atomic mass is 16.6. The lowest BCUT2D eigenvalue weighted by molar-refractivity contribution is -0.385. The average Bonchev–Trinajstić information content (AvgIpc) is 2.73. The molecule has 10 heteroatoms. The van der Waals surface area contributed by atoms with Crippen LogP contribution >= 0.6 is 0 Å². The van der Waals surface area contributed by atoms with E-state index in [4.69, 9.17) is 9.47 Å². The van der Waals surface area contributed by atoms with Crippen LogP contribution in [0.3, 0.4) is 0 Å².